The highest BCUT2D eigenvalue weighted by atomic mass is 16.6. The van der Waals surface area contributed by atoms with Gasteiger partial charge in [-0.15, -0.1) is 0 Å². The van der Waals surface area contributed by atoms with Crippen LogP contribution in [0.15, 0.2) is 43.0 Å². The molecule has 1 aromatic carbocycles. The van der Waals surface area contributed by atoms with Gasteiger partial charge in [0.05, 0.1) is 22.5 Å². The molecular formula is C17H20N6O2. The number of nitrogens with zero attached hydrogens (tertiary/aromatic N) is 5. The van der Waals surface area contributed by atoms with Crippen LogP contribution in [-0.2, 0) is 7.05 Å². The molecule has 0 spiro atoms. The number of nitro benzene ring substituents is 1. The average molecular weight is 340 g/mol. The third-order valence-corrected chi connectivity index (χ3v) is 4.21. The Morgan fingerprint density at radius 1 is 1.28 bits per heavy atom. The van der Waals surface area contributed by atoms with Gasteiger partial charge in [0, 0.05) is 54.9 Å². The minimum atomic E-state index is -0.383. The SMILES string of the molecule is CN(C)C(CNc1ccc([N+](=O)[O-])c2cnccc12)c1cnn(C)c1. The summed E-state index contributed by atoms with van der Waals surface area (Å²) < 4.78 is 1.78. The van der Waals surface area contributed by atoms with Gasteiger partial charge in [0.25, 0.3) is 5.69 Å². The summed E-state index contributed by atoms with van der Waals surface area (Å²) in [6.07, 6.45) is 7.01. The molecule has 0 aliphatic rings. The van der Waals surface area contributed by atoms with Crippen LogP contribution in [0.2, 0.25) is 0 Å². The van der Waals surface area contributed by atoms with Gasteiger partial charge in [0.15, 0.2) is 0 Å². The van der Waals surface area contributed by atoms with Crippen molar-refractivity contribution in [2.24, 2.45) is 7.05 Å². The Balaban J connectivity index is 1.90. The summed E-state index contributed by atoms with van der Waals surface area (Å²) in [4.78, 5) is 17.0. The molecule has 130 valence electrons. The average Bonchev–Trinajstić information content (AvgIpc) is 3.00. The summed E-state index contributed by atoms with van der Waals surface area (Å²) in [5.41, 5.74) is 2.01. The normalized spacial score (nSPS) is 12.5. The molecule has 0 radical (unpaired) electrons. The fraction of sp³-hybridized carbons (Fsp3) is 0.294. The minimum Gasteiger partial charge on any atom is -0.383 e. The molecule has 1 unspecified atom stereocenters. The highest BCUT2D eigenvalue weighted by Gasteiger charge is 2.18. The van der Waals surface area contributed by atoms with Crippen molar-refractivity contribution in [1.82, 2.24) is 19.7 Å². The van der Waals surface area contributed by atoms with Crippen molar-refractivity contribution in [2.45, 2.75) is 6.04 Å². The molecule has 0 amide bonds. The second kappa shape index (κ2) is 6.86. The van der Waals surface area contributed by atoms with Crippen molar-refractivity contribution in [3.8, 4) is 0 Å². The van der Waals surface area contributed by atoms with Gasteiger partial charge in [-0.1, -0.05) is 0 Å². The number of hydrogen-bond acceptors (Lipinski definition) is 6. The number of non-ortho nitro benzene ring substituents is 1. The second-order valence-corrected chi connectivity index (χ2v) is 6.12. The van der Waals surface area contributed by atoms with Crippen molar-refractivity contribution >= 4 is 22.1 Å². The van der Waals surface area contributed by atoms with Crippen LogP contribution in [0.3, 0.4) is 0 Å². The molecule has 1 atom stereocenters. The summed E-state index contributed by atoms with van der Waals surface area (Å²) in [7, 11) is 5.91. The predicted octanol–water partition coefficient (Wildman–Crippen LogP) is 2.59. The molecule has 2 heterocycles. The molecule has 0 aliphatic heterocycles. The molecule has 3 rings (SSSR count). The van der Waals surface area contributed by atoms with Gasteiger partial charge in [-0.25, -0.2) is 0 Å². The smallest absolute Gasteiger partial charge is 0.278 e. The van der Waals surface area contributed by atoms with Crippen molar-refractivity contribution in [3.63, 3.8) is 0 Å². The monoisotopic (exact) mass is 340 g/mol. The van der Waals surface area contributed by atoms with Gasteiger partial charge in [-0.2, -0.15) is 5.10 Å². The molecule has 8 heteroatoms. The van der Waals surface area contributed by atoms with E-state index < -0.39 is 0 Å². The van der Waals surface area contributed by atoms with Gasteiger partial charge < -0.3 is 10.2 Å². The summed E-state index contributed by atoms with van der Waals surface area (Å²) in [6, 6.07) is 5.18. The Bertz CT molecular complexity index is 905. The molecule has 25 heavy (non-hydrogen) atoms. The number of nitro groups is 1. The van der Waals surface area contributed by atoms with Crippen LogP contribution < -0.4 is 5.32 Å². The summed E-state index contributed by atoms with van der Waals surface area (Å²) in [6.45, 7) is 0.647. The first-order valence-electron chi connectivity index (χ1n) is 7.87. The quantitative estimate of drug-likeness (QED) is 0.548. The fourth-order valence-electron chi connectivity index (χ4n) is 2.91. The lowest BCUT2D eigenvalue weighted by Crippen LogP contribution is -2.26. The molecule has 2 aromatic heterocycles. The van der Waals surface area contributed by atoms with E-state index in [1.807, 2.05) is 33.5 Å². The number of nitrogens with one attached hydrogen (secondary N) is 1. The minimum absolute atomic E-state index is 0.0602. The third kappa shape index (κ3) is 3.43. The number of anilines is 1. The molecule has 1 N–H and O–H groups in total. The topological polar surface area (TPSA) is 89.1 Å². The molecule has 0 bridgehead atoms. The van der Waals surface area contributed by atoms with Crippen molar-refractivity contribution < 1.29 is 4.92 Å². The number of benzene rings is 1. The Morgan fingerprint density at radius 3 is 2.72 bits per heavy atom. The first-order valence-corrected chi connectivity index (χ1v) is 7.87. The van der Waals surface area contributed by atoms with Gasteiger partial charge in [0.1, 0.15) is 0 Å². The predicted molar refractivity (Wildman–Crippen MR) is 96.5 cm³/mol. The first kappa shape index (κ1) is 16.8. The molecule has 0 aliphatic carbocycles. The molecular weight excluding hydrogens is 320 g/mol. The van der Waals surface area contributed by atoms with Gasteiger partial charge in [-0.3, -0.25) is 19.8 Å². The largest absolute Gasteiger partial charge is 0.383 e. The zero-order valence-electron chi connectivity index (χ0n) is 14.4. The molecule has 0 fully saturated rings. The van der Waals surface area contributed by atoms with E-state index in [9.17, 15) is 10.1 Å². The number of likely N-dealkylation sites (N-methyl/N-ethyl adjacent to an activating group) is 1. The van der Waals surface area contributed by atoms with E-state index in [1.54, 1.807) is 23.0 Å². The standard InChI is InChI=1S/C17H20N6O2/c1-21(2)17(12-8-20-22(3)11-12)10-19-15-4-5-16(23(24)25)14-9-18-7-6-13(14)15/h4-9,11,17,19H,10H2,1-3H3. The number of aromatic nitrogens is 3. The van der Waals surface area contributed by atoms with E-state index in [1.165, 1.54) is 12.3 Å². The van der Waals surface area contributed by atoms with E-state index in [0.717, 1.165) is 16.6 Å². The highest BCUT2D eigenvalue weighted by Crippen LogP contribution is 2.31. The Labute approximate surface area is 145 Å². The molecule has 0 saturated heterocycles. The lowest BCUT2D eigenvalue weighted by atomic mass is 10.1. The first-order chi connectivity index (χ1) is 12.0. The van der Waals surface area contributed by atoms with Crippen LogP contribution in [0.1, 0.15) is 11.6 Å². The van der Waals surface area contributed by atoms with Gasteiger partial charge >= 0.3 is 0 Å². The maximum atomic E-state index is 11.2. The van der Waals surface area contributed by atoms with Crippen molar-refractivity contribution in [3.05, 3.63) is 58.7 Å². The van der Waals surface area contributed by atoms with Gasteiger partial charge in [-0.05, 0) is 26.2 Å². The number of rotatable bonds is 6. The summed E-state index contributed by atoms with van der Waals surface area (Å²) >= 11 is 0. The van der Waals surface area contributed by atoms with Crippen molar-refractivity contribution in [2.75, 3.05) is 26.0 Å². The number of fused-ring (bicyclic) bond motifs is 1. The lowest BCUT2D eigenvalue weighted by Gasteiger charge is -2.24. The zero-order chi connectivity index (χ0) is 18.0. The van der Waals surface area contributed by atoms with Crippen molar-refractivity contribution in [1.29, 1.82) is 0 Å². The number of hydrogen-bond donors (Lipinski definition) is 1. The van der Waals surface area contributed by atoms with E-state index in [0.29, 0.717) is 11.9 Å². The third-order valence-electron chi connectivity index (χ3n) is 4.21. The maximum absolute atomic E-state index is 11.2. The fourth-order valence-corrected chi connectivity index (χ4v) is 2.91. The molecule has 3 aromatic rings. The zero-order valence-corrected chi connectivity index (χ0v) is 14.4. The summed E-state index contributed by atoms with van der Waals surface area (Å²) in [5, 5.41) is 20.2. The summed E-state index contributed by atoms with van der Waals surface area (Å²) in [5.74, 6) is 0. The number of pyridine rings is 1. The Kier molecular flexibility index (Phi) is 4.62. The van der Waals surface area contributed by atoms with Crippen LogP contribution in [0, 0.1) is 10.1 Å². The second-order valence-electron chi connectivity index (χ2n) is 6.12. The molecule has 0 saturated carbocycles. The van der Waals surface area contributed by atoms with Crippen LogP contribution >= 0.6 is 0 Å². The van der Waals surface area contributed by atoms with Crippen LogP contribution in [-0.4, -0.2) is 45.2 Å². The van der Waals surface area contributed by atoms with Crippen LogP contribution in [0.5, 0.6) is 0 Å². The Morgan fingerprint density at radius 2 is 2.08 bits per heavy atom. The van der Waals surface area contributed by atoms with Gasteiger partial charge in [0.2, 0.25) is 0 Å². The maximum Gasteiger partial charge on any atom is 0.278 e. The van der Waals surface area contributed by atoms with E-state index in [2.05, 4.69) is 20.3 Å². The Hall–Kier alpha value is -3.00. The van der Waals surface area contributed by atoms with E-state index in [-0.39, 0.29) is 16.7 Å². The van der Waals surface area contributed by atoms with E-state index >= 15 is 0 Å². The van der Waals surface area contributed by atoms with Crippen LogP contribution in [0.25, 0.3) is 10.8 Å². The van der Waals surface area contributed by atoms with E-state index in [4.69, 9.17) is 0 Å². The molecule has 8 nitrogen and oxygen atoms in total. The number of aryl methyl sites for hydroxylation is 1. The lowest BCUT2D eigenvalue weighted by molar-refractivity contribution is -0.383. The highest BCUT2D eigenvalue weighted by molar-refractivity contribution is 5.99. The van der Waals surface area contributed by atoms with Crippen LogP contribution in [0.4, 0.5) is 11.4 Å².